The normalized spacial score (nSPS) is 16.6. The fraction of sp³-hybridized carbons (Fsp3) is 0.457. The van der Waals surface area contributed by atoms with Crippen LogP contribution in [0.25, 0.3) is 0 Å². The number of aromatic nitrogens is 2. The van der Waals surface area contributed by atoms with Gasteiger partial charge in [0.05, 0.1) is 25.2 Å². The fourth-order valence-corrected chi connectivity index (χ4v) is 13.0. The zero-order chi connectivity index (χ0) is 44.0. The maximum Gasteiger partial charge on any atom is 0.407 e. The van der Waals surface area contributed by atoms with E-state index in [-0.39, 0.29) is 40.9 Å². The number of hydrogen-bond donors (Lipinski definition) is 4. The van der Waals surface area contributed by atoms with Gasteiger partial charge in [0, 0.05) is 24.9 Å². The smallest absolute Gasteiger partial charge is 0.407 e. The second-order valence-corrected chi connectivity index (χ2v) is 22.8. The van der Waals surface area contributed by atoms with Crippen molar-refractivity contribution in [2.75, 3.05) is 24.2 Å². The van der Waals surface area contributed by atoms with Gasteiger partial charge in [-0.2, -0.15) is 4.98 Å². The number of hydrogen-bond acceptors (Lipinski definition) is 10. The van der Waals surface area contributed by atoms with E-state index in [0.29, 0.717) is 44.6 Å². The molecule has 1 aromatic heterocycles. The van der Waals surface area contributed by atoms with Gasteiger partial charge in [-0.15, -0.1) is 11.8 Å². The van der Waals surface area contributed by atoms with E-state index in [9.17, 15) is 24.3 Å². The number of rotatable bonds is 19. The number of ether oxygens (including phenoxy) is 2. The summed E-state index contributed by atoms with van der Waals surface area (Å²) in [6.45, 7) is 12.7. The second-order valence-electron chi connectivity index (χ2n) is 17.3. The van der Waals surface area contributed by atoms with Gasteiger partial charge < -0.3 is 35.0 Å². The van der Waals surface area contributed by atoms with Crippen LogP contribution in [0, 0.1) is 0 Å². The van der Waals surface area contributed by atoms with Crippen LogP contribution < -0.4 is 32.0 Å². The van der Waals surface area contributed by atoms with Crippen molar-refractivity contribution in [2.45, 2.75) is 115 Å². The van der Waals surface area contributed by atoms with Crippen LogP contribution in [-0.2, 0) is 29.9 Å². The zero-order valence-corrected chi connectivity index (χ0v) is 37.9. The summed E-state index contributed by atoms with van der Waals surface area (Å²) in [7, 11) is -2.76. The topological polar surface area (TPSA) is 170 Å². The summed E-state index contributed by atoms with van der Waals surface area (Å²) in [5.74, 6) is 0.0901. The van der Waals surface area contributed by atoms with Crippen LogP contribution in [0.5, 0.6) is 0 Å². The van der Waals surface area contributed by atoms with E-state index in [1.54, 1.807) is 44.8 Å². The zero-order valence-electron chi connectivity index (χ0n) is 36.1. The van der Waals surface area contributed by atoms with Crippen molar-refractivity contribution < 1.29 is 33.4 Å². The number of benzene rings is 3. The Morgan fingerprint density at radius 3 is 2.10 bits per heavy atom. The molecule has 4 aromatic rings. The van der Waals surface area contributed by atoms with E-state index in [2.05, 4.69) is 90.2 Å². The molecule has 2 heterocycles. The number of carbonyl (C=O) groups excluding carboxylic acids is 3. The Hall–Kier alpha value is -4.80. The van der Waals surface area contributed by atoms with Crippen LogP contribution in [-0.4, -0.2) is 83.0 Å². The van der Waals surface area contributed by atoms with Gasteiger partial charge in [-0.3, -0.25) is 14.2 Å². The molecule has 1 saturated heterocycles. The monoisotopic (exact) mass is 871 g/mol. The first-order valence-corrected chi connectivity index (χ1v) is 23.9. The van der Waals surface area contributed by atoms with E-state index in [1.165, 1.54) is 14.9 Å². The van der Waals surface area contributed by atoms with Crippen LogP contribution in [0.15, 0.2) is 108 Å². The lowest BCUT2D eigenvalue weighted by molar-refractivity contribution is -0.123. The predicted molar refractivity (Wildman–Crippen MR) is 242 cm³/mol. The minimum atomic E-state index is -2.76. The largest absolute Gasteiger partial charge is 0.444 e. The third kappa shape index (κ3) is 13.9. The Labute approximate surface area is 364 Å². The molecular weight excluding hydrogens is 811 g/mol. The van der Waals surface area contributed by atoms with E-state index in [1.807, 2.05) is 42.5 Å². The molecule has 4 N–H and O–H groups in total. The summed E-state index contributed by atoms with van der Waals surface area (Å²) >= 11 is 1.60. The molecule has 0 radical (unpaired) electrons. The third-order valence-corrected chi connectivity index (χ3v) is 16.4. The van der Waals surface area contributed by atoms with Crippen molar-refractivity contribution in [3.63, 3.8) is 0 Å². The summed E-state index contributed by atoms with van der Waals surface area (Å²) in [4.78, 5) is 55.1. The molecular formula is C46H61N5O8SSi. The van der Waals surface area contributed by atoms with Crippen molar-refractivity contribution in [3.05, 3.63) is 119 Å². The average molecular weight is 872 g/mol. The number of thioether (sulfide) groups is 1. The van der Waals surface area contributed by atoms with Gasteiger partial charge in [0.1, 0.15) is 23.1 Å². The minimum absolute atomic E-state index is 0.168. The first-order chi connectivity index (χ1) is 29.0. The number of carbonyl (C=O) groups is 3. The van der Waals surface area contributed by atoms with Crippen LogP contribution in [0.1, 0.15) is 85.4 Å². The van der Waals surface area contributed by atoms with Crippen molar-refractivity contribution >= 4 is 54.2 Å². The molecule has 3 aromatic carbocycles. The number of amides is 3. The van der Waals surface area contributed by atoms with E-state index in [4.69, 9.17) is 13.9 Å². The number of nitrogens with one attached hydrogen (secondary N) is 3. The minimum Gasteiger partial charge on any atom is -0.444 e. The predicted octanol–water partition coefficient (Wildman–Crippen LogP) is 5.91. The molecule has 15 heteroatoms. The Morgan fingerprint density at radius 1 is 0.885 bits per heavy atom. The SMILES string of the molecule is CC(C)(C)OC(=O)N[C@@H](Cc1ccccc1)[C@@H](O)CC(=O)NCCCCCC(=O)Nc1ccn([C@H]2CS[C@@H](CO[Si](c3ccccc3)(c3ccccc3)C(C)(C)C)O2)c(=O)n1. The van der Waals surface area contributed by atoms with Gasteiger partial charge in [0.15, 0.2) is 0 Å². The van der Waals surface area contributed by atoms with Gasteiger partial charge >= 0.3 is 11.8 Å². The lowest BCUT2D eigenvalue weighted by atomic mass is 9.99. The molecule has 13 nitrogen and oxygen atoms in total. The molecule has 3 amide bonds. The first-order valence-electron chi connectivity index (χ1n) is 20.9. The lowest BCUT2D eigenvalue weighted by Crippen LogP contribution is -2.67. The molecule has 61 heavy (non-hydrogen) atoms. The summed E-state index contributed by atoms with van der Waals surface area (Å²) in [5.41, 5.74) is -0.630. The molecule has 0 spiro atoms. The van der Waals surface area contributed by atoms with Gasteiger partial charge in [-0.05, 0) is 67.1 Å². The Morgan fingerprint density at radius 2 is 1.51 bits per heavy atom. The van der Waals surface area contributed by atoms with E-state index < -0.39 is 44.1 Å². The fourth-order valence-electron chi connectivity index (χ4n) is 7.37. The highest BCUT2D eigenvalue weighted by Crippen LogP contribution is 2.39. The lowest BCUT2D eigenvalue weighted by Gasteiger charge is -2.43. The number of anilines is 1. The molecule has 0 unspecified atom stereocenters. The average Bonchev–Trinajstić information content (AvgIpc) is 3.68. The standard InChI is InChI=1S/C46H61N5O8SSi/c1-45(2,3)59-44(56)48-36(29-33-19-11-7-12-20-33)37(52)30-40(54)47-27-18-10-17-25-39(53)49-38-26-28-51(43(55)50-38)41-32-60-42(58-41)31-57-61(46(4,5)6,34-21-13-8-14-22-34)35-23-15-9-16-24-35/h7-9,11-16,19-24,26,28,36-37,41-42,52H,10,17-18,25,27,29-32H2,1-6H3,(H,47,54)(H,48,56)(H,49,50,53,55)/t36-,37-,41+,42-/m0/s1. The quantitative estimate of drug-likeness (QED) is 0.0657. The molecule has 0 saturated carbocycles. The van der Waals surface area contributed by atoms with Crippen molar-refractivity contribution in [2.24, 2.45) is 0 Å². The van der Waals surface area contributed by atoms with Crippen molar-refractivity contribution in [3.8, 4) is 0 Å². The van der Waals surface area contributed by atoms with Gasteiger partial charge in [-0.1, -0.05) is 118 Å². The number of aliphatic hydroxyl groups excluding tert-OH is 1. The molecule has 1 aliphatic heterocycles. The molecule has 1 aliphatic rings. The Kier molecular flexibility index (Phi) is 16.9. The molecule has 328 valence electrons. The maximum atomic E-state index is 13.1. The van der Waals surface area contributed by atoms with Crippen molar-refractivity contribution in [1.29, 1.82) is 0 Å². The van der Waals surface area contributed by atoms with Gasteiger partial charge in [0.2, 0.25) is 11.8 Å². The summed E-state index contributed by atoms with van der Waals surface area (Å²) in [5, 5.41) is 21.4. The molecule has 1 fully saturated rings. The summed E-state index contributed by atoms with van der Waals surface area (Å²) in [6, 6.07) is 31.1. The van der Waals surface area contributed by atoms with Crippen molar-refractivity contribution in [1.82, 2.24) is 20.2 Å². The highest BCUT2D eigenvalue weighted by Gasteiger charge is 2.50. The van der Waals surface area contributed by atoms with Gasteiger partial charge in [0.25, 0.3) is 8.32 Å². The molecule has 5 rings (SSSR count). The Bertz CT molecular complexity index is 2040. The number of unbranched alkanes of at least 4 members (excludes halogenated alkanes) is 2. The van der Waals surface area contributed by atoms with Crippen LogP contribution in [0.3, 0.4) is 0 Å². The highest BCUT2D eigenvalue weighted by atomic mass is 32.2. The number of nitrogens with zero attached hydrogens (tertiary/aromatic N) is 2. The molecule has 0 aliphatic carbocycles. The van der Waals surface area contributed by atoms with Gasteiger partial charge in [-0.25, -0.2) is 9.59 Å². The van der Waals surface area contributed by atoms with E-state index >= 15 is 0 Å². The Balaban J connectivity index is 1.04. The maximum absolute atomic E-state index is 13.1. The summed E-state index contributed by atoms with van der Waals surface area (Å²) in [6.07, 6.45) is 1.43. The van der Waals surface area contributed by atoms with Crippen LogP contribution in [0.4, 0.5) is 10.6 Å². The highest BCUT2D eigenvalue weighted by molar-refractivity contribution is 8.00. The van der Waals surface area contributed by atoms with Crippen LogP contribution in [0.2, 0.25) is 5.04 Å². The molecule has 0 bridgehead atoms. The first kappa shape index (κ1) is 47.2. The number of aliphatic hydroxyl groups is 1. The number of alkyl carbamates (subject to hydrolysis) is 1. The van der Waals surface area contributed by atoms with Crippen LogP contribution >= 0.6 is 11.8 Å². The third-order valence-electron chi connectivity index (χ3n) is 10.3. The summed E-state index contributed by atoms with van der Waals surface area (Å²) < 4.78 is 20.2. The molecule has 4 atom stereocenters. The second kappa shape index (κ2) is 21.8. The van der Waals surface area contributed by atoms with E-state index in [0.717, 1.165) is 5.56 Å².